The molecule has 2 nitrogen and oxygen atoms in total. The first-order chi connectivity index (χ1) is 7.46. The number of benzene rings is 1. The van der Waals surface area contributed by atoms with Crippen LogP contribution in [0.4, 0.5) is 17.6 Å². The van der Waals surface area contributed by atoms with E-state index in [4.69, 9.17) is 4.74 Å². The molecule has 0 spiro atoms. The maximum atomic E-state index is 12.4. The molecule has 0 saturated carbocycles. The summed E-state index contributed by atoms with van der Waals surface area (Å²) in [5.74, 6) is -0.361. The van der Waals surface area contributed by atoms with Gasteiger partial charge in [-0.2, -0.15) is 0 Å². The van der Waals surface area contributed by atoms with Crippen molar-refractivity contribution in [2.24, 2.45) is 0 Å². The summed E-state index contributed by atoms with van der Waals surface area (Å²) in [7, 11) is 0. The first-order valence-electron chi connectivity index (χ1n) is 4.53. The Morgan fingerprint density at radius 1 is 1.25 bits per heavy atom. The van der Waals surface area contributed by atoms with Gasteiger partial charge in [0, 0.05) is 11.6 Å². The Bertz CT molecular complexity index is 349. The molecule has 0 heterocycles. The van der Waals surface area contributed by atoms with Gasteiger partial charge in [0.1, 0.15) is 18.2 Å². The second kappa shape index (κ2) is 5.05. The van der Waals surface area contributed by atoms with E-state index in [-0.39, 0.29) is 17.9 Å². The number of rotatable bonds is 4. The van der Waals surface area contributed by atoms with Crippen LogP contribution in [0.1, 0.15) is 12.5 Å². The Hall–Kier alpha value is -1.46. The van der Waals surface area contributed by atoms with Crippen LogP contribution in [0, 0.1) is 0 Å². The Balaban J connectivity index is 2.93. The van der Waals surface area contributed by atoms with Gasteiger partial charge in [-0.25, -0.2) is 4.39 Å². The van der Waals surface area contributed by atoms with Crippen LogP contribution in [0.2, 0.25) is 0 Å². The highest BCUT2D eigenvalue weighted by Crippen LogP contribution is 2.29. The van der Waals surface area contributed by atoms with Gasteiger partial charge in [0.25, 0.3) is 0 Å². The summed E-state index contributed by atoms with van der Waals surface area (Å²) in [4.78, 5) is 0. The summed E-state index contributed by atoms with van der Waals surface area (Å²) in [5, 5.41) is 0. The van der Waals surface area contributed by atoms with Crippen LogP contribution in [-0.4, -0.2) is 13.0 Å². The molecule has 0 fully saturated rings. The lowest BCUT2D eigenvalue weighted by Crippen LogP contribution is -2.17. The molecule has 0 aliphatic heterocycles. The molecular weight excluding hydrogens is 228 g/mol. The van der Waals surface area contributed by atoms with Crippen LogP contribution < -0.4 is 9.47 Å². The van der Waals surface area contributed by atoms with E-state index in [2.05, 4.69) is 4.74 Å². The fourth-order valence-corrected chi connectivity index (χ4v) is 1.13. The Morgan fingerprint density at radius 2 is 1.94 bits per heavy atom. The van der Waals surface area contributed by atoms with E-state index < -0.39 is 18.8 Å². The smallest absolute Gasteiger partial charge is 0.493 e. The van der Waals surface area contributed by atoms with Crippen molar-refractivity contribution in [2.75, 3.05) is 6.61 Å². The van der Waals surface area contributed by atoms with Gasteiger partial charge in [0.05, 0.1) is 6.61 Å². The molecule has 0 amide bonds. The molecule has 0 aliphatic carbocycles. The molecule has 1 aromatic carbocycles. The lowest BCUT2D eigenvalue weighted by atomic mass is 10.2. The fourth-order valence-electron chi connectivity index (χ4n) is 1.13. The highest BCUT2D eigenvalue weighted by Gasteiger charge is 2.31. The van der Waals surface area contributed by atoms with E-state index in [0.717, 1.165) is 12.1 Å². The Kier molecular flexibility index (Phi) is 3.98. The quantitative estimate of drug-likeness (QED) is 0.748. The van der Waals surface area contributed by atoms with E-state index in [1.54, 1.807) is 6.92 Å². The topological polar surface area (TPSA) is 18.5 Å². The van der Waals surface area contributed by atoms with Gasteiger partial charge >= 0.3 is 6.36 Å². The van der Waals surface area contributed by atoms with Gasteiger partial charge < -0.3 is 9.47 Å². The van der Waals surface area contributed by atoms with Gasteiger partial charge in [-0.15, -0.1) is 13.2 Å². The summed E-state index contributed by atoms with van der Waals surface area (Å²) in [6, 6.07) is 3.27. The normalized spacial score (nSPS) is 11.3. The lowest BCUT2D eigenvalue weighted by Gasteiger charge is -2.12. The Morgan fingerprint density at radius 3 is 2.44 bits per heavy atom. The molecule has 90 valence electrons. The third-order valence-corrected chi connectivity index (χ3v) is 1.72. The van der Waals surface area contributed by atoms with Crippen LogP contribution in [0.5, 0.6) is 11.5 Å². The third-order valence-electron chi connectivity index (χ3n) is 1.72. The molecule has 0 atom stereocenters. The molecule has 0 aromatic heterocycles. The van der Waals surface area contributed by atoms with Crippen molar-refractivity contribution in [1.82, 2.24) is 0 Å². The van der Waals surface area contributed by atoms with Crippen LogP contribution in [-0.2, 0) is 6.67 Å². The second-order valence-corrected chi connectivity index (χ2v) is 2.88. The van der Waals surface area contributed by atoms with Gasteiger partial charge in [0.15, 0.2) is 0 Å². The van der Waals surface area contributed by atoms with E-state index in [1.807, 2.05) is 0 Å². The van der Waals surface area contributed by atoms with Crippen molar-refractivity contribution < 1.29 is 27.0 Å². The summed E-state index contributed by atoms with van der Waals surface area (Å²) in [5.41, 5.74) is 0.191. The monoisotopic (exact) mass is 238 g/mol. The minimum atomic E-state index is -4.76. The van der Waals surface area contributed by atoms with E-state index in [0.29, 0.717) is 0 Å². The lowest BCUT2D eigenvalue weighted by molar-refractivity contribution is -0.274. The second-order valence-electron chi connectivity index (χ2n) is 2.88. The number of halogens is 4. The SMILES string of the molecule is CCOc1cc(OC(F)(F)F)ccc1CF. The molecule has 6 heteroatoms. The average molecular weight is 238 g/mol. The van der Waals surface area contributed by atoms with Crippen molar-refractivity contribution in [2.45, 2.75) is 20.0 Å². The van der Waals surface area contributed by atoms with Crippen molar-refractivity contribution in [1.29, 1.82) is 0 Å². The first kappa shape index (κ1) is 12.6. The predicted molar refractivity (Wildman–Crippen MR) is 49.1 cm³/mol. The zero-order valence-electron chi connectivity index (χ0n) is 8.47. The largest absolute Gasteiger partial charge is 0.573 e. The first-order valence-corrected chi connectivity index (χ1v) is 4.53. The van der Waals surface area contributed by atoms with Crippen LogP contribution in [0.15, 0.2) is 18.2 Å². The van der Waals surface area contributed by atoms with Gasteiger partial charge in [-0.3, -0.25) is 0 Å². The summed E-state index contributed by atoms with van der Waals surface area (Å²) >= 11 is 0. The predicted octanol–water partition coefficient (Wildman–Crippen LogP) is 3.45. The number of ether oxygens (including phenoxy) is 2. The molecule has 0 saturated heterocycles. The standard InChI is InChI=1S/C10H10F4O2/c1-2-15-9-5-8(16-10(12,13)14)4-3-7(9)6-11/h3-5H,2,6H2,1H3. The molecule has 0 N–H and O–H groups in total. The summed E-state index contributed by atoms with van der Waals surface area (Å²) in [6.45, 7) is 1.09. The molecule has 1 aromatic rings. The highest BCUT2D eigenvalue weighted by atomic mass is 19.4. The summed E-state index contributed by atoms with van der Waals surface area (Å²) in [6.07, 6.45) is -4.76. The molecule has 1 rings (SSSR count). The molecule has 0 aliphatic rings. The van der Waals surface area contributed by atoms with Gasteiger partial charge in [-0.05, 0) is 19.1 Å². The van der Waals surface area contributed by atoms with Gasteiger partial charge in [0.2, 0.25) is 0 Å². The van der Waals surface area contributed by atoms with Crippen molar-refractivity contribution in [3.63, 3.8) is 0 Å². The Labute approximate surface area is 89.8 Å². The van der Waals surface area contributed by atoms with Crippen LogP contribution >= 0.6 is 0 Å². The third kappa shape index (κ3) is 3.60. The maximum absolute atomic E-state index is 12.4. The number of hydrogen-bond donors (Lipinski definition) is 0. The van der Waals surface area contributed by atoms with Gasteiger partial charge in [-0.1, -0.05) is 0 Å². The minimum Gasteiger partial charge on any atom is -0.493 e. The number of hydrogen-bond acceptors (Lipinski definition) is 2. The molecule has 0 radical (unpaired) electrons. The average Bonchev–Trinajstić information content (AvgIpc) is 2.16. The molecule has 0 unspecified atom stereocenters. The van der Waals surface area contributed by atoms with E-state index in [1.165, 1.54) is 6.07 Å². The molecular formula is C10H10F4O2. The zero-order valence-corrected chi connectivity index (χ0v) is 8.47. The van der Waals surface area contributed by atoms with Crippen molar-refractivity contribution in [3.05, 3.63) is 23.8 Å². The van der Waals surface area contributed by atoms with Crippen LogP contribution in [0.25, 0.3) is 0 Å². The minimum absolute atomic E-state index is 0.0618. The van der Waals surface area contributed by atoms with E-state index >= 15 is 0 Å². The maximum Gasteiger partial charge on any atom is 0.573 e. The zero-order chi connectivity index (χ0) is 12.2. The molecule has 16 heavy (non-hydrogen) atoms. The van der Waals surface area contributed by atoms with Crippen molar-refractivity contribution in [3.8, 4) is 11.5 Å². The number of alkyl halides is 4. The van der Waals surface area contributed by atoms with E-state index in [9.17, 15) is 17.6 Å². The highest BCUT2D eigenvalue weighted by molar-refractivity contribution is 5.40. The van der Waals surface area contributed by atoms with Crippen molar-refractivity contribution >= 4 is 0 Å². The molecule has 0 bridgehead atoms. The van der Waals surface area contributed by atoms with Crippen LogP contribution in [0.3, 0.4) is 0 Å². The summed E-state index contributed by atoms with van der Waals surface area (Å²) < 4.78 is 56.8. The fraction of sp³-hybridized carbons (Fsp3) is 0.400.